The van der Waals surface area contributed by atoms with E-state index in [0.29, 0.717) is 49.3 Å². The van der Waals surface area contributed by atoms with Crippen LogP contribution in [0.1, 0.15) is 23.6 Å². The van der Waals surface area contributed by atoms with Gasteiger partial charge >= 0.3 is 0 Å². The molecule has 0 aromatic heterocycles. The van der Waals surface area contributed by atoms with Gasteiger partial charge in [0.2, 0.25) is 0 Å². The predicted octanol–water partition coefficient (Wildman–Crippen LogP) is 7.71. The first-order valence-electron chi connectivity index (χ1n) is 9.72. The van der Waals surface area contributed by atoms with E-state index in [4.69, 9.17) is 32.7 Å². The number of nitro benzene ring substituents is 1. The van der Waals surface area contributed by atoms with Gasteiger partial charge in [-0.25, -0.2) is 0 Å². The number of allylic oxidation sites excluding steroid dienone is 1. The lowest BCUT2D eigenvalue weighted by Gasteiger charge is -2.15. The highest BCUT2D eigenvalue weighted by Gasteiger charge is 2.14. The van der Waals surface area contributed by atoms with Crippen LogP contribution in [0.25, 0.3) is 11.6 Å². The summed E-state index contributed by atoms with van der Waals surface area (Å²) in [6.07, 6.45) is 1.70. The van der Waals surface area contributed by atoms with Gasteiger partial charge in [0, 0.05) is 22.7 Å². The smallest absolute Gasteiger partial charge is 0.269 e. The molecule has 0 unspecified atom stereocenters. The summed E-state index contributed by atoms with van der Waals surface area (Å²) in [6, 6.07) is 16.8. The average Bonchev–Trinajstić information content (AvgIpc) is 2.78. The zero-order chi connectivity index (χ0) is 24.0. The summed E-state index contributed by atoms with van der Waals surface area (Å²) in [5.41, 5.74) is 2.42. The van der Waals surface area contributed by atoms with Crippen LogP contribution in [0.5, 0.6) is 11.5 Å². The third kappa shape index (κ3) is 6.26. The van der Waals surface area contributed by atoms with Gasteiger partial charge in [-0.1, -0.05) is 29.3 Å². The molecule has 0 atom stereocenters. The Morgan fingerprint density at radius 2 is 1.88 bits per heavy atom. The van der Waals surface area contributed by atoms with Crippen LogP contribution in [0.4, 0.5) is 5.69 Å². The average molecular weight is 548 g/mol. The van der Waals surface area contributed by atoms with E-state index in [1.165, 1.54) is 12.1 Å². The van der Waals surface area contributed by atoms with Crippen molar-refractivity contribution in [3.63, 3.8) is 0 Å². The Morgan fingerprint density at radius 1 is 1.15 bits per heavy atom. The first kappa shape index (κ1) is 24.6. The van der Waals surface area contributed by atoms with Gasteiger partial charge in [-0.3, -0.25) is 10.1 Å². The lowest BCUT2D eigenvalue weighted by Crippen LogP contribution is -2.01. The van der Waals surface area contributed by atoms with E-state index in [2.05, 4.69) is 22.0 Å². The van der Waals surface area contributed by atoms with E-state index in [9.17, 15) is 15.4 Å². The van der Waals surface area contributed by atoms with Gasteiger partial charge in [0.05, 0.1) is 32.7 Å². The number of hydrogen-bond donors (Lipinski definition) is 0. The molecule has 0 aliphatic carbocycles. The second-order valence-electron chi connectivity index (χ2n) is 6.77. The number of benzene rings is 3. The number of nitriles is 1. The summed E-state index contributed by atoms with van der Waals surface area (Å²) >= 11 is 15.7. The molecule has 0 fully saturated rings. The van der Waals surface area contributed by atoms with Gasteiger partial charge in [-0.2, -0.15) is 5.26 Å². The Bertz CT molecular complexity index is 1250. The van der Waals surface area contributed by atoms with Crippen LogP contribution < -0.4 is 9.47 Å². The zero-order valence-electron chi connectivity index (χ0n) is 17.3. The molecule has 0 bridgehead atoms. The second-order valence-corrected chi connectivity index (χ2v) is 8.47. The third-order valence-electron chi connectivity index (χ3n) is 4.51. The van der Waals surface area contributed by atoms with Crippen molar-refractivity contribution in [2.75, 3.05) is 6.61 Å². The van der Waals surface area contributed by atoms with E-state index in [1.807, 2.05) is 6.92 Å². The maximum Gasteiger partial charge on any atom is 0.269 e. The predicted molar refractivity (Wildman–Crippen MR) is 133 cm³/mol. The molecular formula is C24H17BrCl2N2O4. The minimum atomic E-state index is -0.451. The van der Waals surface area contributed by atoms with Gasteiger partial charge in [-0.05, 0) is 76.5 Å². The summed E-state index contributed by atoms with van der Waals surface area (Å²) in [5.74, 6) is 0.968. The van der Waals surface area contributed by atoms with Gasteiger partial charge in [0.15, 0.2) is 11.5 Å². The maximum atomic E-state index is 10.8. The lowest BCUT2D eigenvalue weighted by molar-refractivity contribution is -0.384. The van der Waals surface area contributed by atoms with E-state index in [-0.39, 0.29) is 12.3 Å². The van der Waals surface area contributed by atoms with E-state index >= 15 is 0 Å². The quantitative estimate of drug-likeness (QED) is 0.125. The fourth-order valence-corrected chi connectivity index (χ4v) is 4.07. The zero-order valence-corrected chi connectivity index (χ0v) is 20.4. The molecule has 3 aromatic rings. The van der Waals surface area contributed by atoms with Crippen molar-refractivity contribution in [1.82, 2.24) is 0 Å². The van der Waals surface area contributed by atoms with Crippen molar-refractivity contribution < 1.29 is 14.4 Å². The van der Waals surface area contributed by atoms with Crippen molar-refractivity contribution in [3.05, 3.63) is 95.9 Å². The minimum absolute atomic E-state index is 0.0140. The third-order valence-corrected chi connectivity index (χ3v) is 5.65. The van der Waals surface area contributed by atoms with Crippen molar-refractivity contribution in [1.29, 1.82) is 5.26 Å². The summed E-state index contributed by atoms with van der Waals surface area (Å²) in [7, 11) is 0. The van der Waals surface area contributed by atoms with Gasteiger partial charge in [0.25, 0.3) is 5.69 Å². The molecule has 0 spiro atoms. The number of hydrogen-bond acceptors (Lipinski definition) is 5. The standard InChI is InChI=1S/C24H17BrCl2N2O4/c1-2-32-23-11-16(9-17(13-28)20-8-5-18(26)12-22(20)27)10-21(25)24(23)33-14-15-3-6-19(7-4-15)29(30)31/h3-12H,2,14H2,1H3/b17-9+. The molecular weight excluding hydrogens is 531 g/mol. The summed E-state index contributed by atoms with van der Waals surface area (Å²) < 4.78 is 12.3. The lowest BCUT2D eigenvalue weighted by atomic mass is 10.0. The van der Waals surface area contributed by atoms with E-state index < -0.39 is 4.92 Å². The number of halogens is 3. The molecule has 0 aliphatic heterocycles. The number of non-ortho nitro benzene ring substituents is 1. The summed E-state index contributed by atoms with van der Waals surface area (Å²) in [6.45, 7) is 2.45. The fourth-order valence-electron chi connectivity index (χ4n) is 2.99. The van der Waals surface area contributed by atoms with Crippen LogP contribution in [0, 0.1) is 21.4 Å². The number of ether oxygens (including phenoxy) is 2. The second kappa shape index (κ2) is 11.2. The SMILES string of the molecule is CCOc1cc(/C=C(\C#N)c2ccc(Cl)cc2Cl)cc(Br)c1OCc1ccc([N+](=O)[O-])cc1. The van der Waals surface area contributed by atoms with Gasteiger partial charge in [-0.15, -0.1) is 0 Å². The highest BCUT2D eigenvalue weighted by molar-refractivity contribution is 9.10. The van der Waals surface area contributed by atoms with Gasteiger partial charge < -0.3 is 9.47 Å². The minimum Gasteiger partial charge on any atom is -0.490 e. The van der Waals surface area contributed by atoms with Gasteiger partial charge in [0.1, 0.15) is 6.61 Å². The molecule has 0 radical (unpaired) electrons. The summed E-state index contributed by atoms with van der Waals surface area (Å²) in [5, 5.41) is 21.4. The molecule has 0 amide bonds. The highest BCUT2D eigenvalue weighted by Crippen LogP contribution is 2.39. The Labute approximate surface area is 209 Å². The van der Waals surface area contributed by atoms with Crippen molar-refractivity contribution in [3.8, 4) is 17.6 Å². The Kier molecular flexibility index (Phi) is 8.34. The molecule has 0 N–H and O–H groups in total. The van der Waals surface area contributed by atoms with Crippen molar-refractivity contribution in [2.24, 2.45) is 0 Å². The number of nitrogens with zero attached hydrogens (tertiary/aromatic N) is 2. The van der Waals surface area contributed by atoms with Crippen LogP contribution >= 0.6 is 39.1 Å². The van der Waals surface area contributed by atoms with E-state index in [0.717, 1.165) is 5.56 Å². The molecule has 0 heterocycles. The molecule has 0 saturated carbocycles. The molecule has 33 heavy (non-hydrogen) atoms. The molecule has 0 saturated heterocycles. The molecule has 9 heteroatoms. The highest BCUT2D eigenvalue weighted by atomic mass is 79.9. The topological polar surface area (TPSA) is 85.4 Å². The van der Waals surface area contributed by atoms with Crippen LogP contribution in [-0.2, 0) is 6.61 Å². The molecule has 6 nitrogen and oxygen atoms in total. The van der Waals surface area contributed by atoms with Crippen molar-refractivity contribution >= 4 is 56.5 Å². The monoisotopic (exact) mass is 546 g/mol. The Hall–Kier alpha value is -3.05. The Morgan fingerprint density at radius 3 is 2.48 bits per heavy atom. The van der Waals surface area contributed by atoms with Crippen LogP contribution in [0.15, 0.2) is 59.1 Å². The number of rotatable bonds is 8. The largest absolute Gasteiger partial charge is 0.490 e. The van der Waals surface area contributed by atoms with Crippen molar-refractivity contribution in [2.45, 2.75) is 13.5 Å². The van der Waals surface area contributed by atoms with Crippen LogP contribution in [0.2, 0.25) is 10.0 Å². The van der Waals surface area contributed by atoms with Crippen LogP contribution in [-0.4, -0.2) is 11.5 Å². The van der Waals surface area contributed by atoms with E-state index in [1.54, 1.807) is 48.5 Å². The molecule has 168 valence electrons. The van der Waals surface area contributed by atoms with Crippen LogP contribution in [0.3, 0.4) is 0 Å². The first-order valence-corrected chi connectivity index (χ1v) is 11.3. The Balaban J connectivity index is 1.90. The normalized spacial score (nSPS) is 11.1. The first-order chi connectivity index (χ1) is 15.8. The molecule has 3 rings (SSSR count). The maximum absolute atomic E-state index is 10.8. The molecule has 0 aliphatic rings. The fraction of sp³-hybridized carbons (Fsp3) is 0.125. The number of nitro groups is 1. The molecule has 3 aromatic carbocycles. The summed E-state index contributed by atoms with van der Waals surface area (Å²) in [4.78, 5) is 10.4.